The van der Waals surface area contributed by atoms with Crippen LogP contribution in [0, 0.1) is 5.82 Å². The minimum atomic E-state index is -0.279. The third-order valence-electron chi connectivity index (χ3n) is 3.32. The Morgan fingerprint density at radius 1 is 1.05 bits per heavy atom. The fourth-order valence-corrected chi connectivity index (χ4v) is 2.16. The number of nitrogens with one attached hydrogen (secondary N) is 1. The highest BCUT2D eigenvalue weighted by Gasteiger charge is 2.14. The van der Waals surface area contributed by atoms with Crippen molar-refractivity contribution in [3.8, 4) is 17.1 Å². The second-order valence-electron chi connectivity index (χ2n) is 4.74. The Balaban J connectivity index is 1.93. The highest BCUT2D eigenvalue weighted by Crippen LogP contribution is 2.29. The first kappa shape index (κ1) is 14.1. The lowest BCUT2D eigenvalue weighted by atomic mass is 10.2. The van der Waals surface area contributed by atoms with Crippen LogP contribution in [-0.2, 0) is 7.05 Å². The third-order valence-corrected chi connectivity index (χ3v) is 3.32. The van der Waals surface area contributed by atoms with Crippen LogP contribution in [0.3, 0.4) is 0 Å². The molecule has 1 heterocycles. The predicted octanol–water partition coefficient (Wildman–Crippen LogP) is 3.37. The molecule has 0 radical (unpaired) electrons. The van der Waals surface area contributed by atoms with E-state index in [0.717, 1.165) is 17.0 Å². The van der Waals surface area contributed by atoms with Gasteiger partial charge in [0.2, 0.25) is 5.95 Å². The van der Waals surface area contributed by atoms with Gasteiger partial charge in [0.15, 0.2) is 5.82 Å². The van der Waals surface area contributed by atoms with Crippen molar-refractivity contribution in [2.75, 3.05) is 12.4 Å². The molecular formula is C16H15FN4O. The molecule has 0 unspecified atom stereocenters. The molecule has 0 bridgehead atoms. The molecule has 22 heavy (non-hydrogen) atoms. The summed E-state index contributed by atoms with van der Waals surface area (Å²) in [6.45, 7) is 0. The molecule has 1 N–H and O–H groups in total. The highest BCUT2D eigenvalue weighted by atomic mass is 19.1. The van der Waals surface area contributed by atoms with Gasteiger partial charge in [-0.25, -0.2) is 4.39 Å². The van der Waals surface area contributed by atoms with Crippen LogP contribution in [0.15, 0.2) is 48.5 Å². The van der Waals surface area contributed by atoms with Gasteiger partial charge in [-0.3, -0.25) is 4.57 Å². The maximum atomic E-state index is 12.9. The number of benzene rings is 2. The highest BCUT2D eigenvalue weighted by molar-refractivity contribution is 5.66. The van der Waals surface area contributed by atoms with Gasteiger partial charge in [0.1, 0.15) is 11.6 Å². The van der Waals surface area contributed by atoms with Gasteiger partial charge in [0.05, 0.1) is 12.7 Å². The summed E-state index contributed by atoms with van der Waals surface area (Å²) in [5.41, 5.74) is 1.59. The molecule has 0 atom stereocenters. The first-order valence-corrected chi connectivity index (χ1v) is 6.74. The smallest absolute Gasteiger partial charge is 0.229 e. The molecule has 5 nitrogen and oxygen atoms in total. The predicted molar refractivity (Wildman–Crippen MR) is 82.7 cm³/mol. The Kier molecular flexibility index (Phi) is 3.74. The Hall–Kier alpha value is -2.89. The van der Waals surface area contributed by atoms with Crippen molar-refractivity contribution < 1.29 is 9.13 Å². The average molecular weight is 298 g/mol. The number of para-hydroxylation sites is 1. The molecule has 0 spiro atoms. The fourth-order valence-electron chi connectivity index (χ4n) is 2.16. The molecular weight excluding hydrogens is 283 g/mol. The summed E-state index contributed by atoms with van der Waals surface area (Å²) < 4.78 is 20.1. The Labute approximate surface area is 127 Å². The summed E-state index contributed by atoms with van der Waals surface area (Å²) in [4.78, 5) is 0. The van der Waals surface area contributed by atoms with E-state index in [1.54, 1.807) is 19.2 Å². The minimum absolute atomic E-state index is 0.279. The van der Waals surface area contributed by atoms with Gasteiger partial charge in [-0.05, 0) is 36.4 Å². The SMILES string of the molecule is COc1ccccc1-c1nnc(Nc2ccc(F)cc2)n1C. The van der Waals surface area contributed by atoms with Crippen molar-refractivity contribution in [2.45, 2.75) is 0 Å². The van der Waals surface area contributed by atoms with Crippen molar-refractivity contribution in [2.24, 2.45) is 7.05 Å². The second kappa shape index (κ2) is 5.85. The minimum Gasteiger partial charge on any atom is -0.496 e. The number of hydrogen-bond donors (Lipinski definition) is 1. The van der Waals surface area contributed by atoms with E-state index in [-0.39, 0.29) is 5.82 Å². The topological polar surface area (TPSA) is 52.0 Å². The number of methoxy groups -OCH3 is 1. The van der Waals surface area contributed by atoms with Crippen molar-refractivity contribution >= 4 is 11.6 Å². The van der Waals surface area contributed by atoms with Gasteiger partial charge in [-0.2, -0.15) is 0 Å². The normalized spacial score (nSPS) is 10.5. The van der Waals surface area contributed by atoms with Crippen LogP contribution in [0.25, 0.3) is 11.4 Å². The third kappa shape index (κ3) is 2.63. The van der Waals surface area contributed by atoms with Crippen molar-refractivity contribution in [1.82, 2.24) is 14.8 Å². The number of anilines is 2. The summed E-state index contributed by atoms with van der Waals surface area (Å²) >= 11 is 0. The van der Waals surface area contributed by atoms with E-state index in [1.807, 2.05) is 35.9 Å². The first-order valence-electron chi connectivity index (χ1n) is 6.74. The van der Waals surface area contributed by atoms with Gasteiger partial charge in [0.25, 0.3) is 0 Å². The lowest BCUT2D eigenvalue weighted by Gasteiger charge is -2.09. The summed E-state index contributed by atoms with van der Waals surface area (Å²) in [6.07, 6.45) is 0. The Morgan fingerprint density at radius 3 is 2.50 bits per heavy atom. The largest absolute Gasteiger partial charge is 0.496 e. The quantitative estimate of drug-likeness (QED) is 0.802. The van der Waals surface area contributed by atoms with Crippen LogP contribution in [0.4, 0.5) is 16.0 Å². The van der Waals surface area contributed by atoms with Crippen molar-refractivity contribution in [3.63, 3.8) is 0 Å². The number of halogens is 1. The zero-order valence-electron chi connectivity index (χ0n) is 12.2. The van der Waals surface area contributed by atoms with E-state index < -0.39 is 0 Å². The van der Waals surface area contributed by atoms with Crippen LogP contribution >= 0.6 is 0 Å². The van der Waals surface area contributed by atoms with Crippen LogP contribution in [0.1, 0.15) is 0 Å². The standard InChI is InChI=1S/C16H15FN4O/c1-21-15(13-5-3-4-6-14(13)22-2)19-20-16(21)18-12-9-7-11(17)8-10-12/h3-10H,1-2H3,(H,18,20). The molecule has 0 aliphatic heterocycles. The van der Waals surface area contributed by atoms with Gasteiger partial charge >= 0.3 is 0 Å². The number of hydrogen-bond acceptors (Lipinski definition) is 4. The lowest BCUT2D eigenvalue weighted by molar-refractivity contribution is 0.416. The zero-order chi connectivity index (χ0) is 15.5. The summed E-state index contributed by atoms with van der Waals surface area (Å²) in [7, 11) is 3.47. The number of ether oxygens (including phenoxy) is 1. The van der Waals surface area contributed by atoms with Crippen molar-refractivity contribution in [3.05, 3.63) is 54.3 Å². The molecule has 0 saturated carbocycles. The van der Waals surface area contributed by atoms with Crippen LogP contribution in [0.2, 0.25) is 0 Å². The fraction of sp³-hybridized carbons (Fsp3) is 0.125. The monoisotopic (exact) mass is 298 g/mol. The van der Waals surface area contributed by atoms with Crippen LogP contribution in [0.5, 0.6) is 5.75 Å². The van der Waals surface area contributed by atoms with E-state index in [2.05, 4.69) is 15.5 Å². The van der Waals surface area contributed by atoms with E-state index in [9.17, 15) is 4.39 Å². The number of aromatic nitrogens is 3. The van der Waals surface area contributed by atoms with Gasteiger partial charge in [-0.1, -0.05) is 12.1 Å². The summed E-state index contributed by atoms with van der Waals surface area (Å²) in [5.74, 6) is 1.69. The zero-order valence-corrected chi connectivity index (χ0v) is 12.2. The summed E-state index contributed by atoms with van der Waals surface area (Å²) in [6, 6.07) is 13.7. The lowest BCUT2D eigenvalue weighted by Crippen LogP contribution is -2.01. The van der Waals surface area contributed by atoms with Crippen LogP contribution in [-0.4, -0.2) is 21.9 Å². The van der Waals surface area contributed by atoms with Gasteiger partial charge < -0.3 is 10.1 Å². The van der Waals surface area contributed by atoms with E-state index in [1.165, 1.54) is 12.1 Å². The molecule has 0 amide bonds. The van der Waals surface area contributed by atoms with Crippen molar-refractivity contribution in [1.29, 1.82) is 0 Å². The van der Waals surface area contributed by atoms with E-state index in [0.29, 0.717) is 11.8 Å². The molecule has 6 heteroatoms. The first-order chi connectivity index (χ1) is 10.7. The molecule has 0 aliphatic carbocycles. The molecule has 3 aromatic rings. The summed E-state index contributed by atoms with van der Waals surface area (Å²) in [5, 5.41) is 11.5. The molecule has 1 aromatic heterocycles. The second-order valence-corrected chi connectivity index (χ2v) is 4.74. The number of nitrogens with zero attached hydrogens (tertiary/aromatic N) is 3. The van der Waals surface area contributed by atoms with Crippen LogP contribution < -0.4 is 10.1 Å². The maximum absolute atomic E-state index is 12.9. The molecule has 0 saturated heterocycles. The maximum Gasteiger partial charge on any atom is 0.229 e. The molecule has 0 fully saturated rings. The molecule has 0 aliphatic rings. The number of rotatable bonds is 4. The average Bonchev–Trinajstić information content (AvgIpc) is 2.90. The van der Waals surface area contributed by atoms with E-state index >= 15 is 0 Å². The van der Waals surface area contributed by atoms with E-state index in [4.69, 9.17) is 4.74 Å². The Morgan fingerprint density at radius 2 is 1.77 bits per heavy atom. The Bertz CT molecular complexity index is 783. The molecule has 112 valence electrons. The molecule has 2 aromatic carbocycles. The van der Waals surface area contributed by atoms with Gasteiger partial charge in [-0.15, -0.1) is 10.2 Å². The molecule has 3 rings (SSSR count). The van der Waals surface area contributed by atoms with Gasteiger partial charge in [0, 0.05) is 12.7 Å².